The summed E-state index contributed by atoms with van der Waals surface area (Å²) in [5, 5.41) is 4.18. The van der Waals surface area contributed by atoms with Crippen LogP contribution in [0.25, 0.3) is 0 Å². The molecule has 0 amide bonds. The van der Waals surface area contributed by atoms with E-state index in [1.165, 1.54) is 5.56 Å². The molecule has 0 saturated heterocycles. The Kier molecular flexibility index (Phi) is 6.36. The molecule has 1 aromatic carbocycles. The fourth-order valence-corrected chi connectivity index (χ4v) is 3.41. The van der Waals surface area contributed by atoms with Gasteiger partial charge in [-0.05, 0) is 49.4 Å². The van der Waals surface area contributed by atoms with E-state index in [0.29, 0.717) is 24.4 Å². The second-order valence-corrected chi connectivity index (χ2v) is 7.55. The van der Waals surface area contributed by atoms with Gasteiger partial charge in [-0.2, -0.15) is 5.10 Å². The molecule has 126 valence electrons. The molecular formula is C17H25N3O2S. The smallest absolute Gasteiger partial charge is 0.240 e. The van der Waals surface area contributed by atoms with Crippen LogP contribution in [0.5, 0.6) is 0 Å². The first kappa shape index (κ1) is 17.7. The predicted molar refractivity (Wildman–Crippen MR) is 91.8 cm³/mol. The quantitative estimate of drug-likeness (QED) is 0.717. The monoisotopic (exact) mass is 335 g/mol. The van der Waals surface area contributed by atoms with Crippen LogP contribution in [0, 0.1) is 6.92 Å². The van der Waals surface area contributed by atoms with Crippen molar-refractivity contribution >= 4 is 10.0 Å². The van der Waals surface area contributed by atoms with Crippen LogP contribution in [0.3, 0.4) is 0 Å². The lowest BCUT2D eigenvalue weighted by Crippen LogP contribution is -2.25. The minimum atomic E-state index is -3.43. The second-order valence-electron chi connectivity index (χ2n) is 5.78. The summed E-state index contributed by atoms with van der Waals surface area (Å²) in [6.45, 7) is 5.23. The third-order valence-electron chi connectivity index (χ3n) is 3.67. The summed E-state index contributed by atoms with van der Waals surface area (Å²) in [5.41, 5.74) is 2.29. The van der Waals surface area contributed by atoms with Crippen molar-refractivity contribution in [1.29, 1.82) is 0 Å². The SMILES string of the molecule is CCCCc1ccc(S(=O)(=O)NCCCn2cc(C)cn2)cc1. The van der Waals surface area contributed by atoms with Crippen molar-refractivity contribution in [2.45, 2.75) is 51.0 Å². The fourth-order valence-electron chi connectivity index (χ4n) is 2.34. The van der Waals surface area contributed by atoms with Crippen molar-refractivity contribution in [2.75, 3.05) is 6.54 Å². The molecule has 2 rings (SSSR count). The molecule has 0 fully saturated rings. The van der Waals surface area contributed by atoms with E-state index < -0.39 is 10.0 Å². The molecule has 0 radical (unpaired) electrons. The summed E-state index contributed by atoms with van der Waals surface area (Å²) < 4.78 is 29.0. The molecule has 0 spiro atoms. The minimum Gasteiger partial charge on any atom is -0.272 e. The number of unbranched alkanes of at least 4 members (excludes halogenated alkanes) is 1. The standard InChI is InChI=1S/C17H25N3O2S/c1-3-4-6-16-7-9-17(10-8-16)23(21,22)19-11-5-12-20-14-15(2)13-18-20/h7-10,13-14,19H,3-6,11-12H2,1-2H3. The maximum absolute atomic E-state index is 12.2. The number of benzene rings is 1. The van der Waals surface area contributed by atoms with Crippen molar-refractivity contribution in [3.05, 3.63) is 47.8 Å². The molecule has 0 unspecified atom stereocenters. The van der Waals surface area contributed by atoms with Crippen LogP contribution in [-0.4, -0.2) is 24.7 Å². The first-order valence-corrected chi connectivity index (χ1v) is 9.57. The number of sulfonamides is 1. The summed E-state index contributed by atoms with van der Waals surface area (Å²) in [4.78, 5) is 0.327. The molecular weight excluding hydrogens is 310 g/mol. The molecule has 0 aliphatic heterocycles. The van der Waals surface area contributed by atoms with Gasteiger partial charge in [-0.3, -0.25) is 4.68 Å². The summed E-state index contributed by atoms with van der Waals surface area (Å²) in [7, 11) is -3.43. The summed E-state index contributed by atoms with van der Waals surface area (Å²) in [6.07, 6.45) is 7.70. The Labute approximate surface area is 138 Å². The van der Waals surface area contributed by atoms with Crippen LogP contribution < -0.4 is 4.72 Å². The number of nitrogens with zero attached hydrogens (tertiary/aromatic N) is 2. The third-order valence-corrected chi connectivity index (χ3v) is 5.15. The van der Waals surface area contributed by atoms with Crippen molar-refractivity contribution in [3.8, 4) is 0 Å². The van der Waals surface area contributed by atoms with Gasteiger partial charge in [-0.15, -0.1) is 0 Å². The molecule has 0 saturated carbocycles. The molecule has 0 aliphatic rings. The highest BCUT2D eigenvalue weighted by atomic mass is 32.2. The lowest BCUT2D eigenvalue weighted by atomic mass is 10.1. The second kappa shape index (κ2) is 8.26. The normalized spacial score (nSPS) is 11.7. The maximum atomic E-state index is 12.2. The minimum absolute atomic E-state index is 0.327. The Morgan fingerprint density at radius 3 is 2.52 bits per heavy atom. The predicted octanol–water partition coefficient (Wildman–Crippen LogP) is 2.90. The molecule has 23 heavy (non-hydrogen) atoms. The average molecular weight is 335 g/mol. The van der Waals surface area contributed by atoms with Crippen LogP contribution >= 0.6 is 0 Å². The van der Waals surface area contributed by atoms with Crippen molar-refractivity contribution in [2.24, 2.45) is 0 Å². The molecule has 6 heteroatoms. The van der Waals surface area contributed by atoms with Gasteiger partial charge in [-0.1, -0.05) is 25.5 Å². The zero-order valence-corrected chi connectivity index (χ0v) is 14.6. The number of nitrogens with one attached hydrogen (secondary N) is 1. The van der Waals surface area contributed by atoms with Gasteiger partial charge in [0.15, 0.2) is 0 Å². The Bertz CT molecular complexity index is 706. The molecule has 0 atom stereocenters. The number of rotatable bonds is 9. The van der Waals surface area contributed by atoms with E-state index in [4.69, 9.17) is 0 Å². The van der Waals surface area contributed by atoms with E-state index in [9.17, 15) is 8.42 Å². The van der Waals surface area contributed by atoms with Gasteiger partial charge in [0.25, 0.3) is 0 Å². The van der Waals surface area contributed by atoms with Gasteiger partial charge >= 0.3 is 0 Å². The van der Waals surface area contributed by atoms with Crippen molar-refractivity contribution < 1.29 is 8.42 Å². The summed E-state index contributed by atoms with van der Waals surface area (Å²) in [5.74, 6) is 0. The van der Waals surface area contributed by atoms with Gasteiger partial charge in [0.2, 0.25) is 10.0 Å². The topological polar surface area (TPSA) is 64.0 Å². The molecule has 1 heterocycles. The Hall–Kier alpha value is -1.66. The first-order chi connectivity index (χ1) is 11.0. The highest BCUT2D eigenvalue weighted by Gasteiger charge is 2.12. The van der Waals surface area contributed by atoms with Crippen molar-refractivity contribution in [3.63, 3.8) is 0 Å². The van der Waals surface area contributed by atoms with Crippen LogP contribution in [0.4, 0.5) is 0 Å². The fraction of sp³-hybridized carbons (Fsp3) is 0.471. The molecule has 1 N–H and O–H groups in total. The van der Waals surface area contributed by atoms with Crippen LogP contribution in [-0.2, 0) is 23.0 Å². The number of aromatic nitrogens is 2. The van der Waals surface area contributed by atoms with E-state index in [1.807, 2.05) is 29.9 Å². The maximum Gasteiger partial charge on any atom is 0.240 e. The third kappa shape index (κ3) is 5.48. The lowest BCUT2D eigenvalue weighted by molar-refractivity contribution is 0.553. The van der Waals surface area contributed by atoms with Crippen LogP contribution in [0.2, 0.25) is 0 Å². The van der Waals surface area contributed by atoms with E-state index in [0.717, 1.165) is 24.8 Å². The van der Waals surface area contributed by atoms with E-state index in [2.05, 4.69) is 16.7 Å². The number of aryl methyl sites for hydroxylation is 3. The highest BCUT2D eigenvalue weighted by Crippen LogP contribution is 2.12. The largest absolute Gasteiger partial charge is 0.272 e. The van der Waals surface area contributed by atoms with Gasteiger partial charge in [-0.25, -0.2) is 13.1 Å². The molecule has 1 aromatic heterocycles. The highest BCUT2D eigenvalue weighted by molar-refractivity contribution is 7.89. The Balaban J connectivity index is 1.83. The van der Waals surface area contributed by atoms with Gasteiger partial charge in [0.05, 0.1) is 11.1 Å². The van der Waals surface area contributed by atoms with E-state index >= 15 is 0 Å². The van der Waals surface area contributed by atoms with E-state index in [-0.39, 0.29) is 0 Å². The Morgan fingerprint density at radius 1 is 1.17 bits per heavy atom. The van der Waals surface area contributed by atoms with Gasteiger partial charge in [0.1, 0.15) is 0 Å². The van der Waals surface area contributed by atoms with Crippen molar-refractivity contribution in [1.82, 2.24) is 14.5 Å². The number of hydrogen-bond donors (Lipinski definition) is 1. The summed E-state index contributed by atoms with van der Waals surface area (Å²) >= 11 is 0. The lowest BCUT2D eigenvalue weighted by Gasteiger charge is -2.08. The molecule has 2 aromatic rings. The zero-order chi connectivity index (χ0) is 16.7. The van der Waals surface area contributed by atoms with E-state index in [1.54, 1.807) is 18.3 Å². The van der Waals surface area contributed by atoms with Gasteiger partial charge < -0.3 is 0 Å². The first-order valence-electron chi connectivity index (χ1n) is 8.09. The zero-order valence-electron chi connectivity index (χ0n) is 13.8. The average Bonchev–Trinajstić information content (AvgIpc) is 2.95. The molecule has 5 nitrogen and oxygen atoms in total. The molecule has 0 aliphatic carbocycles. The number of hydrogen-bond acceptors (Lipinski definition) is 3. The molecule has 0 bridgehead atoms. The van der Waals surface area contributed by atoms with Crippen LogP contribution in [0.15, 0.2) is 41.6 Å². The Morgan fingerprint density at radius 2 is 1.91 bits per heavy atom. The van der Waals surface area contributed by atoms with Gasteiger partial charge in [0, 0.05) is 19.3 Å². The van der Waals surface area contributed by atoms with Crippen LogP contribution in [0.1, 0.15) is 37.3 Å². The summed E-state index contributed by atoms with van der Waals surface area (Å²) in [6, 6.07) is 7.17.